The van der Waals surface area contributed by atoms with Gasteiger partial charge in [0.2, 0.25) is 5.95 Å². The molecule has 25 heavy (non-hydrogen) atoms. The average molecular weight is 346 g/mol. The highest BCUT2D eigenvalue weighted by atomic mass is 19.3. The summed E-state index contributed by atoms with van der Waals surface area (Å²) in [6.45, 7) is 4.41. The van der Waals surface area contributed by atoms with Crippen LogP contribution >= 0.6 is 0 Å². The van der Waals surface area contributed by atoms with Crippen LogP contribution in [0.4, 0.5) is 19.0 Å². The summed E-state index contributed by atoms with van der Waals surface area (Å²) in [5.74, 6) is -2.61. The molecule has 0 saturated carbocycles. The fraction of sp³-hybridized carbons (Fsp3) is 0.278. The van der Waals surface area contributed by atoms with E-state index in [9.17, 15) is 13.2 Å². The highest BCUT2D eigenvalue weighted by Crippen LogP contribution is 2.30. The number of benzene rings is 1. The fourth-order valence-electron chi connectivity index (χ4n) is 2.60. The number of pyridine rings is 1. The van der Waals surface area contributed by atoms with Crippen molar-refractivity contribution >= 4 is 16.7 Å². The van der Waals surface area contributed by atoms with Gasteiger partial charge in [0, 0.05) is 30.0 Å². The second kappa shape index (κ2) is 6.31. The molecule has 1 aromatic carbocycles. The van der Waals surface area contributed by atoms with Crippen LogP contribution in [0.25, 0.3) is 10.9 Å². The summed E-state index contributed by atoms with van der Waals surface area (Å²) >= 11 is 0. The second-order valence-electron chi connectivity index (χ2n) is 6.02. The van der Waals surface area contributed by atoms with Gasteiger partial charge in [-0.15, -0.1) is 0 Å². The number of hydrogen-bond donors (Lipinski definition) is 1. The summed E-state index contributed by atoms with van der Waals surface area (Å²) in [6.07, 6.45) is 1.34. The summed E-state index contributed by atoms with van der Waals surface area (Å²) in [4.78, 5) is 12.1. The van der Waals surface area contributed by atoms with Crippen LogP contribution < -0.4 is 5.32 Å². The molecule has 0 aliphatic carbocycles. The Kier molecular flexibility index (Phi) is 4.32. The van der Waals surface area contributed by atoms with Crippen LogP contribution in [0.1, 0.15) is 36.8 Å². The molecule has 3 aromatic rings. The number of aromatic nitrogens is 3. The Morgan fingerprint density at radius 1 is 1.16 bits per heavy atom. The maximum atomic E-state index is 13.5. The lowest BCUT2D eigenvalue weighted by atomic mass is 10.0. The van der Waals surface area contributed by atoms with E-state index in [-0.39, 0.29) is 11.6 Å². The number of anilines is 1. The smallest absolute Gasteiger partial charge is 0.270 e. The van der Waals surface area contributed by atoms with Gasteiger partial charge in [-0.05, 0) is 25.5 Å². The van der Waals surface area contributed by atoms with Crippen LogP contribution in [0.15, 0.2) is 36.5 Å². The van der Waals surface area contributed by atoms with Gasteiger partial charge in [-0.1, -0.05) is 18.2 Å². The van der Waals surface area contributed by atoms with Crippen LogP contribution in [-0.4, -0.2) is 15.0 Å². The van der Waals surface area contributed by atoms with E-state index in [1.807, 2.05) is 6.92 Å². The number of hydrogen-bond acceptors (Lipinski definition) is 4. The van der Waals surface area contributed by atoms with Crippen LogP contribution in [0.5, 0.6) is 0 Å². The molecule has 2 heterocycles. The van der Waals surface area contributed by atoms with Crippen LogP contribution in [0, 0.1) is 12.9 Å². The van der Waals surface area contributed by atoms with Crippen molar-refractivity contribution in [1.82, 2.24) is 15.0 Å². The minimum absolute atomic E-state index is 0.0578. The van der Waals surface area contributed by atoms with Gasteiger partial charge in [-0.3, -0.25) is 0 Å². The number of nitrogens with zero attached hydrogens (tertiary/aromatic N) is 3. The Morgan fingerprint density at radius 3 is 2.64 bits per heavy atom. The standard InChI is InChI=1S/C18H17F3N4/c1-10(12-5-4-6-13(7-12)18(3,20)21)23-17-14-8-16(19)22-9-15(14)24-11(2)25-17/h4-10H,1-3H3,(H,23,24,25). The molecule has 3 rings (SSSR count). The zero-order chi connectivity index (χ0) is 18.2. The highest BCUT2D eigenvalue weighted by molar-refractivity contribution is 5.88. The lowest BCUT2D eigenvalue weighted by Crippen LogP contribution is -2.12. The maximum Gasteiger partial charge on any atom is 0.270 e. The molecule has 1 N–H and O–H groups in total. The van der Waals surface area contributed by atoms with Crippen molar-refractivity contribution in [2.45, 2.75) is 32.7 Å². The van der Waals surface area contributed by atoms with Crippen molar-refractivity contribution in [3.63, 3.8) is 0 Å². The van der Waals surface area contributed by atoms with Gasteiger partial charge in [0.25, 0.3) is 5.92 Å². The predicted molar refractivity (Wildman–Crippen MR) is 90.1 cm³/mol. The number of aryl methyl sites for hydroxylation is 1. The Labute approximate surface area is 143 Å². The Balaban J connectivity index is 1.97. The number of halogens is 3. The summed E-state index contributed by atoms with van der Waals surface area (Å²) in [5, 5.41) is 3.65. The molecule has 1 atom stereocenters. The Hall–Kier alpha value is -2.70. The topological polar surface area (TPSA) is 50.7 Å². The fourth-order valence-corrected chi connectivity index (χ4v) is 2.60. The number of alkyl halides is 2. The molecule has 130 valence electrons. The lowest BCUT2D eigenvalue weighted by Gasteiger charge is -2.19. The molecule has 0 amide bonds. The quantitative estimate of drug-likeness (QED) is 0.692. The van der Waals surface area contributed by atoms with Crippen molar-refractivity contribution in [2.24, 2.45) is 0 Å². The molecular formula is C18H17F3N4. The summed E-state index contributed by atoms with van der Waals surface area (Å²) in [5.41, 5.74) is 1.13. The largest absolute Gasteiger partial charge is 0.363 e. The Morgan fingerprint density at radius 2 is 1.92 bits per heavy atom. The third-order valence-electron chi connectivity index (χ3n) is 3.91. The molecule has 1 unspecified atom stereocenters. The van der Waals surface area contributed by atoms with E-state index in [0.29, 0.717) is 28.1 Å². The highest BCUT2D eigenvalue weighted by Gasteiger charge is 2.24. The van der Waals surface area contributed by atoms with E-state index in [0.717, 1.165) is 6.92 Å². The SMILES string of the molecule is Cc1nc(NC(C)c2cccc(C(C)(F)F)c2)c2cc(F)ncc2n1. The van der Waals surface area contributed by atoms with Gasteiger partial charge in [-0.2, -0.15) is 4.39 Å². The van der Waals surface area contributed by atoms with Gasteiger partial charge in [-0.25, -0.2) is 23.7 Å². The van der Waals surface area contributed by atoms with Crippen molar-refractivity contribution in [2.75, 3.05) is 5.32 Å². The van der Waals surface area contributed by atoms with E-state index in [4.69, 9.17) is 0 Å². The number of fused-ring (bicyclic) bond motifs is 1. The molecule has 0 spiro atoms. The molecule has 0 fully saturated rings. The monoisotopic (exact) mass is 346 g/mol. The first-order valence-corrected chi connectivity index (χ1v) is 7.79. The van der Waals surface area contributed by atoms with Crippen LogP contribution in [0.2, 0.25) is 0 Å². The summed E-state index contributed by atoms with van der Waals surface area (Å²) in [6, 6.07) is 7.13. The molecule has 0 saturated heterocycles. The van der Waals surface area contributed by atoms with Gasteiger partial charge in [0.1, 0.15) is 11.6 Å². The minimum atomic E-state index is -2.91. The zero-order valence-electron chi connectivity index (χ0n) is 14.0. The maximum absolute atomic E-state index is 13.5. The molecule has 4 nitrogen and oxygen atoms in total. The van der Waals surface area contributed by atoms with Crippen LogP contribution in [0.3, 0.4) is 0 Å². The third kappa shape index (κ3) is 3.70. The van der Waals surface area contributed by atoms with Crippen molar-refractivity contribution in [3.05, 3.63) is 59.4 Å². The van der Waals surface area contributed by atoms with Crippen molar-refractivity contribution in [3.8, 4) is 0 Å². The molecule has 0 aliphatic heterocycles. The first-order chi connectivity index (χ1) is 11.7. The van der Waals surface area contributed by atoms with E-state index in [2.05, 4.69) is 20.3 Å². The predicted octanol–water partition coefficient (Wildman–Crippen LogP) is 4.76. The van der Waals surface area contributed by atoms with Crippen molar-refractivity contribution in [1.29, 1.82) is 0 Å². The lowest BCUT2D eigenvalue weighted by molar-refractivity contribution is 0.0174. The minimum Gasteiger partial charge on any atom is -0.363 e. The molecule has 7 heteroatoms. The second-order valence-corrected chi connectivity index (χ2v) is 6.02. The van der Waals surface area contributed by atoms with Crippen molar-refractivity contribution < 1.29 is 13.2 Å². The molecular weight excluding hydrogens is 329 g/mol. The molecule has 2 aromatic heterocycles. The van der Waals surface area contributed by atoms with Gasteiger partial charge < -0.3 is 5.32 Å². The average Bonchev–Trinajstić information content (AvgIpc) is 2.55. The molecule has 0 aliphatic rings. The van der Waals surface area contributed by atoms with E-state index >= 15 is 0 Å². The normalized spacial score (nSPS) is 13.0. The first kappa shape index (κ1) is 17.1. The third-order valence-corrected chi connectivity index (χ3v) is 3.91. The Bertz CT molecular complexity index is 922. The van der Waals surface area contributed by atoms with E-state index in [1.165, 1.54) is 24.4 Å². The van der Waals surface area contributed by atoms with Crippen LogP contribution in [-0.2, 0) is 5.92 Å². The summed E-state index contributed by atoms with van der Waals surface area (Å²) < 4.78 is 40.6. The zero-order valence-corrected chi connectivity index (χ0v) is 14.0. The summed E-state index contributed by atoms with van der Waals surface area (Å²) in [7, 11) is 0. The molecule has 0 radical (unpaired) electrons. The van der Waals surface area contributed by atoms with E-state index < -0.39 is 11.9 Å². The molecule has 0 bridgehead atoms. The number of nitrogens with one attached hydrogen (secondary N) is 1. The van der Waals surface area contributed by atoms with Gasteiger partial charge in [0.05, 0.1) is 11.7 Å². The van der Waals surface area contributed by atoms with Gasteiger partial charge in [0.15, 0.2) is 0 Å². The first-order valence-electron chi connectivity index (χ1n) is 7.79. The van der Waals surface area contributed by atoms with Gasteiger partial charge >= 0.3 is 0 Å². The number of rotatable bonds is 4. The van der Waals surface area contributed by atoms with E-state index in [1.54, 1.807) is 19.1 Å².